The van der Waals surface area contributed by atoms with Gasteiger partial charge in [0.1, 0.15) is 0 Å². The minimum absolute atomic E-state index is 0. The molecule has 16 heteroatoms. The second kappa shape index (κ2) is 44.9. The molecule has 0 rings (SSSR count). The van der Waals surface area contributed by atoms with E-state index in [0.29, 0.717) is 0 Å². The molecule has 0 fully saturated rings. The molecule has 0 aliphatic heterocycles. The van der Waals surface area contributed by atoms with Gasteiger partial charge in [0.25, 0.3) is 23.9 Å². The van der Waals surface area contributed by atoms with Crippen LogP contribution in [0.1, 0.15) is 27.7 Å². The van der Waals surface area contributed by atoms with Gasteiger partial charge < -0.3 is 30.6 Å². The number of aliphatic carboxylic acids is 6. The summed E-state index contributed by atoms with van der Waals surface area (Å²) in [7, 11) is 0. The standard InChI is InChI=1S/C2H2O4.4C2H4O2.4Na.4H/c3-1(4)2(5)6;4*1-2(3)4;;;;;;;;/h(H,3,4)(H,5,6);4*1H3,(H,3,4);;;;;;;;. The molecule has 0 saturated carbocycles. The van der Waals surface area contributed by atoms with Crippen LogP contribution in [0.2, 0.25) is 0 Å². The van der Waals surface area contributed by atoms with Gasteiger partial charge in [-0.05, 0) is 0 Å². The van der Waals surface area contributed by atoms with Gasteiger partial charge >= 0.3 is 130 Å². The normalized spacial score (nSPS) is 5.54. The fourth-order valence-corrected chi connectivity index (χ4v) is 0. The van der Waals surface area contributed by atoms with E-state index in [1.165, 1.54) is 0 Å². The molecule has 0 radical (unpaired) electrons. The van der Waals surface area contributed by atoms with E-state index in [0.717, 1.165) is 27.7 Å². The topological polar surface area (TPSA) is 224 Å². The molecule has 26 heavy (non-hydrogen) atoms. The van der Waals surface area contributed by atoms with Crippen LogP contribution in [0.25, 0.3) is 0 Å². The summed E-state index contributed by atoms with van der Waals surface area (Å²) in [6.07, 6.45) is 0. The molecule has 0 unspecified atom stereocenters. The average Bonchev–Trinajstić information content (AvgIpc) is 2.12. The maximum atomic E-state index is 9.10. The van der Waals surface area contributed by atoms with Gasteiger partial charge in [-0.3, -0.25) is 19.2 Å². The number of carboxylic acids is 6. The van der Waals surface area contributed by atoms with Crippen molar-refractivity contribution in [3.05, 3.63) is 0 Å². The van der Waals surface area contributed by atoms with E-state index in [4.69, 9.17) is 59.4 Å². The van der Waals surface area contributed by atoms with Crippen LogP contribution in [-0.4, -0.2) is 185 Å². The molecule has 0 aromatic heterocycles. The molecule has 0 bridgehead atoms. The van der Waals surface area contributed by atoms with Crippen molar-refractivity contribution in [2.45, 2.75) is 27.7 Å². The number of rotatable bonds is 0. The number of carbonyl (C=O) groups is 6. The molecule has 6 N–H and O–H groups in total. The fraction of sp³-hybridized carbons (Fsp3) is 0.400. The second-order valence-corrected chi connectivity index (χ2v) is 2.69. The Hall–Kier alpha value is 0.820. The Morgan fingerprint density at radius 2 is 0.423 bits per heavy atom. The number of carboxylic acid groups (broad SMARTS) is 6. The van der Waals surface area contributed by atoms with Crippen LogP contribution in [0.5, 0.6) is 0 Å². The van der Waals surface area contributed by atoms with Gasteiger partial charge in [-0.15, -0.1) is 0 Å². The molecule has 0 heterocycles. The van der Waals surface area contributed by atoms with E-state index >= 15 is 0 Å². The molecule has 0 aliphatic carbocycles. The Bertz CT molecular complexity index is 310. The van der Waals surface area contributed by atoms with Gasteiger partial charge in [0.2, 0.25) is 0 Å². The molecule has 138 valence electrons. The monoisotopic (exact) mass is 426 g/mol. The van der Waals surface area contributed by atoms with Crippen molar-refractivity contribution in [1.82, 2.24) is 0 Å². The van der Waals surface area contributed by atoms with Crippen LogP contribution in [0.4, 0.5) is 0 Å². The minimum atomic E-state index is -1.82. The first-order valence-electron chi connectivity index (χ1n) is 4.82. The zero-order chi connectivity index (χ0) is 19.5. The van der Waals surface area contributed by atoms with Crippen molar-refractivity contribution in [3.8, 4) is 0 Å². The fourth-order valence-electron chi connectivity index (χ4n) is 0. The van der Waals surface area contributed by atoms with Gasteiger partial charge in [0.15, 0.2) is 0 Å². The summed E-state index contributed by atoms with van der Waals surface area (Å²) < 4.78 is 0. The summed E-state index contributed by atoms with van der Waals surface area (Å²) in [5, 5.41) is 44.4. The molecule has 0 aromatic rings. The SMILES string of the molecule is CC(=O)O.CC(=O)O.CC(=O)O.CC(=O)O.O=C(O)C(=O)O.[NaH].[NaH].[NaH].[NaH]. The van der Waals surface area contributed by atoms with Gasteiger partial charge in [-0.1, -0.05) is 0 Å². The molecule has 12 nitrogen and oxygen atoms in total. The summed E-state index contributed by atoms with van der Waals surface area (Å²) in [6, 6.07) is 0. The summed E-state index contributed by atoms with van der Waals surface area (Å²) in [5.41, 5.74) is 0. The van der Waals surface area contributed by atoms with Crippen LogP contribution in [0, 0.1) is 0 Å². The first-order chi connectivity index (χ1) is 9.57. The Labute approximate surface area is 237 Å². The van der Waals surface area contributed by atoms with Crippen molar-refractivity contribution in [3.63, 3.8) is 0 Å². The molecule has 0 saturated heterocycles. The molecule has 0 amide bonds. The second-order valence-electron chi connectivity index (χ2n) is 2.69. The van der Waals surface area contributed by atoms with Crippen molar-refractivity contribution in [2.24, 2.45) is 0 Å². The Morgan fingerprint density at radius 1 is 0.385 bits per heavy atom. The molecule has 0 spiro atoms. The van der Waals surface area contributed by atoms with Crippen LogP contribution in [0.15, 0.2) is 0 Å². The zero-order valence-electron chi connectivity index (χ0n) is 12.1. The summed E-state index contributed by atoms with van der Waals surface area (Å²) in [5.74, 6) is -6.98. The first-order valence-corrected chi connectivity index (χ1v) is 4.82. The van der Waals surface area contributed by atoms with Crippen LogP contribution in [0.3, 0.4) is 0 Å². The van der Waals surface area contributed by atoms with Gasteiger partial charge in [-0.2, -0.15) is 0 Å². The molecule has 0 atom stereocenters. The predicted octanol–water partition coefficient (Wildman–Crippen LogP) is -3.07. The van der Waals surface area contributed by atoms with E-state index < -0.39 is 35.8 Å². The van der Waals surface area contributed by atoms with Crippen molar-refractivity contribution in [2.75, 3.05) is 0 Å². The van der Waals surface area contributed by atoms with E-state index in [1.807, 2.05) is 0 Å². The van der Waals surface area contributed by atoms with Crippen molar-refractivity contribution in [1.29, 1.82) is 0 Å². The molecular formula is C10H22Na4O12. The van der Waals surface area contributed by atoms with Gasteiger partial charge in [0, 0.05) is 27.7 Å². The average molecular weight is 426 g/mol. The quantitative estimate of drug-likeness (QED) is 0.168. The van der Waals surface area contributed by atoms with Crippen molar-refractivity contribution < 1.29 is 59.4 Å². The first kappa shape index (κ1) is 56.3. The molecular weight excluding hydrogens is 404 g/mol. The van der Waals surface area contributed by atoms with E-state index in [-0.39, 0.29) is 118 Å². The third-order valence-electron chi connectivity index (χ3n) is 0.183. The van der Waals surface area contributed by atoms with E-state index in [2.05, 4.69) is 0 Å². The zero-order valence-corrected chi connectivity index (χ0v) is 12.1. The third kappa shape index (κ3) is 606. The van der Waals surface area contributed by atoms with Crippen LogP contribution < -0.4 is 0 Å². The van der Waals surface area contributed by atoms with Gasteiger partial charge in [0.05, 0.1) is 0 Å². The summed E-state index contributed by atoms with van der Waals surface area (Å²) >= 11 is 0. The molecule has 0 aromatic carbocycles. The summed E-state index contributed by atoms with van der Waals surface area (Å²) in [4.78, 5) is 54.2. The van der Waals surface area contributed by atoms with Crippen LogP contribution in [-0.2, 0) is 28.8 Å². The maximum absolute atomic E-state index is 9.10. The predicted molar refractivity (Wildman–Crippen MR) is 97.1 cm³/mol. The third-order valence-corrected chi connectivity index (χ3v) is 0.183. The van der Waals surface area contributed by atoms with E-state index in [9.17, 15) is 0 Å². The molecule has 0 aliphatic rings. The number of hydrogen-bond acceptors (Lipinski definition) is 6. The van der Waals surface area contributed by atoms with Crippen molar-refractivity contribution >= 4 is 154 Å². The summed E-state index contributed by atoms with van der Waals surface area (Å²) in [6.45, 7) is 4.33. The van der Waals surface area contributed by atoms with Crippen LogP contribution >= 0.6 is 0 Å². The Morgan fingerprint density at radius 3 is 0.423 bits per heavy atom. The number of hydrogen-bond donors (Lipinski definition) is 6. The van der Waals surface area contributed by atoms with E-state index in [1.54, 1.807) is 0 Å². The van der Waals surface area contributed by atoms with Gasteiger partial charge in [-0.25, -0.2) is 9.59 Å². The Balaban J connectivity index is -0.0000000193. The Kier molecular flexibility index (Phi) is 97.3.